The molecule has 0 bridgehead atoms. The third-order valence-corrected chi connectivity index (χ3v) is 6.93. The van der Waals surface area contributed by atoms with E-state index in [1.807, 2.05) is 19.2 Å². The summed E-state index contributed by atoms with van der Waals surface area (Å²) >= 11 is 0. The standard InChI is InChI=1S/C24H30FN7O/c1-17(32-16-23(28-29-32)19-10-20(25)14-26-13-19)31-9-7-22(11-24(31)33)30-8-3-6-21(15-30)27-12-18-4-2-5-18/h7,9-11,13-14,16-18,21,27H,2-6,8,12,15H2,1H3/t17?,21-/m1/s1. The molecule has 1 aliphatic carbocycles. The summed E-state index contributed by atoms with van der Waals surface area (Å²) in [6, 6.07) is 5.55. The summed E-state index contributed by atoms with van der Waals surface area (Å²) in [7, 11) is 0. The number of rotatable bonds is 7. The topological polar surface area (TPSA) is 80.9 Å². The fourth-order valence-corrected chi connectivity index (χ4v) is 4.66. The fraction of sp³-hybridized carbons (Fsp3) is 0.500. The number of anilines is 1. The molecule has 174 valence electrons. The number of nitrogens with one attached hydrogen (secondary N) is 1. The van der Waals surface area contributed by atoms with E-state index in [-0.39, 0.29) is 11.7 Å². The molecule has 33 heavy (non-hydrogen) atoms. The SMILES string of the molecule is CC(n1cc(-c2cncc(F)c2)nn1)n1ccc(N2CCC[C@@H](NCC3CCC3)C2)cc1=O. The molecular weight excluding hydrogens is 421 g/mol. The Morgan fingerprint density at radius 2 is 2.09 bits per heavy atom. The number of piperidine rings is 1. The molecule has 3 aromatic rings. The van der Waals surface area contributed by atoms with Crippen LogP contribution in [0.3, 0.4) is 0 Å². The van der Waals surface area contributed by atoms with Gasteiger partial charge in [-0.05, 0) is 57.2 Å². The Morgan fingerprint density at radius 1 is 1.21 bits per heavy atom. The molecule has 1 unspecified atom stereocenters. The van der Waals surface area contributed by atoms with Crippen LogP contribution in [-0.4, -0.2) is 50.2 Å². The Labute approximate surface area is 192 Å². The van der Waals surface area contributed by atoms with Crippen molar-refractivity contribution in [2.24, 2.45) is 5.92 Å². The quantitative estimate of drug-likeness (QED) is 0.595. The minimum absolute atomic E-state index is 0.0889. The van der Waals surface area contributed by atoms with Crippen LogP contribution in [0, 0.1) is 11.7 Å². The van der Waals surface area contributed by atoms with E-state index in [4.69, 9.17) is 0 Å². The van der Waals surface area contributed by atoms with Crippen LogP contribution in [-0.2, 0) is 0 Å². The molecule has 8 nitrogen and oxygen atoms in total. The Balaban J connectivity index is 1.27. The van der Waals surface area contributed by atoms with Crippen LogP contribution in [0.1, 0.15) is 45.2 Å². The summed E-state index contributed by atoms with van der Waals surface area (Å²) in [5.41, 5.74) is 1.92. The number of aromatic nitrogens is 5. The first-order valence-electron chi connectivity index (χ1n) is 11.8. The maximum atomic E-state index is 13.5. The highest BCUT2D eigenvalue weighted by Crippen LogP contribution is 2.26. The lowest BCUT2D eigenvalue weighted by Gasteiger charge is -2.36. The van der Waals surface area contributed by atoms with Crippen molar-refractivity contribution in [2.45, 2.75) is 51.2 Å². The predicted octanol–water partition coefficient (Wildman–Crippen LogP) is 3.07. The zero-order valence-electron chi connectivity index (χ0n) is 18.9. The molecule has 5 rings (SSSR count). The van der Waals surface area contributed by atoms with Gasteiger partial charge in [-0.2, -0.15) is 0 Å². The molecule has 1 saturated heterocycles. The fourth-order valence-electron chi connectivity index (χ4n) is 4.66. The zero-order valence-corrected chi connectivity index (χ0v) is 18.9. The van der Waals surface area contributed by atoms with Crippen molar-refractivity contribution >= 4 is 5.69 Å². The molecule has 3 aromatic heterocycles. The third kappa shape index (κ3) is 4.83. The van der Waals surface area contributed by atoms with Gasteiger partial charge in [-0.15, -0.1) is 5.10 Å². The molecule has 2 fully saturated rings. The maximum absolute atomic E-state index is 13.5. The van der Waals surface area contributed by atoms with E-state index in [1.54, 1.807) is 21.5 Å². The van der Waals surface area contributed by atoms with E-state index >= 15 is 0 Å². The lowest BCUT2D eigenvalue weighted by molar-refractivity contribution is 0.280. The van der Waals surface area contributed by atoms with E-state index in [0.29, 0.717) is 17.3 Å². The number of pyridine rings is 2. The van der Waals surface area contributed by atoms with E-state index in [9.17, 15) is 9.18 Å². The van der Waals surface area contributed by atoms with Crippen LogP contribution < -0.4 is 15.8 Å². The van der Waals surface area contributed by atoms with Crippen LogP contribution in [0.5, 0.6) is 0 Å². The van der Waals surface area contributed by atoms with E-state index in [1.165, 1.54) is 37.9 Å². The Bertz CT molecular complexity index is 1160. The van der Waals surface area contributed by atoms with Crippen molar-refractivity contribution in [3.05, 3.63) is 59.2 Å². The number of hydrogen-bond acceptors (Lipinski definition) is 6. The summed E-state index contributed by atoms with van der Waals surface area (Å²) in [5.74, 6) is 0.417. The van der Waals surface area contributed by atoms with Crippen molar-refractivity contribution in [1.82, 2.24) is 29.9 Å². The highest BCUT2D eigenvalue weighted by Gasteiger charge is 2.23. The molecule has 0 spiro atoms. The minimum Gasteiger partial charge on any atom is -0.370 e. The van der Waals surface area contributed by atoms with Crippen molar-refractivity contribution in [3.8, 4) is 11.3 Å². The summed E-state index contributed by atoms with van der Waals surface area (Å²) in [5, 5.41) is 12.0. The van der Waals surface area contributed by atoms with Gasteiger partial charge in [0.15, 0.2) is 0 Å². The largest absolute Gasteiger partial charge is 0.370 e. The first kappa shape index (κ1) is 21.8. The van der Waals surface area contributed by atoms with Gasteiger partial charge in [-0.25, -0.2) is 9.07 Å². The van der Waals surface area contributed by atoms with Gasteiger partial charge in [0.05, 0.1) is 12.4 Å². The number of nitrogens with zero attached hydrogens (tertiary/aromatic N) is 6. The average Bonchev–Trinajstić information content (AvgIpc) is 3.28. The van der Waals surface area contributed by atoms with Crippen LogP contribution in [0.4, 0.5) is 10.1 Å². The Morgan fingerprint density at radius 3 is 2.85 bits per heavy atom. The average molecular weight is 452 g/mol. The first-order valence-corrected chi connectivity index (χ1v) is 11.8. The second kappa shape index (κ2) is 9.43. The monoisotopic (exact) mass is 451 g/mol. The summed E-state index contributed by atoms with van der Waals surface area (Å²) in [4.78, 5) is 19.1. The van der Waals surface area contributed by atoms with E-state index in [2.05, 4.69) is 25.5 Å². The molecular formula is C24H30FN7O. The molecule has 1 saturated carbocycles. The van der Waals surface area contributed by atoms with Crippen molar-refractivity contribution in [3.63, 3.8) is 0 Å². The van der Waals surface area contributed by atoms with Gasteiger partial charge in [0, 0.05) is 48.8 Å². The molecule has 0 amide bonds. The van der Waals surface area contributed by atoms with Gasteiger partial charge in [0.2, 0.25) is 0 Å². The van der Waals surface area contributed by atoms with Crippen LogP contribution in [0.25, 0.3) is 11.3 Å². The maximum Gasteiger partial charge on any atom is 0.254 e. The van der Waals surface area contributed by atoms with Crippen LogP contribution in [0.15, 0.2) is 47.8 Å². The molecule has 2 atom stereocenters. The van der Waals surface area contributed by atoms with E-state index < -0.39 is 5.82 Å². The molecule has 0 aromatic carbocycles. The molecule has 1 N–H and O–H groups in total. The minimum atomic E-state index is -0.430. The Hall–Kier alpha value is -3.07. The van der Waals surface area contributed by atoms with Crippen LogP contribution >= 0.6 is 0 Å². The highest BCUT2D eigenvalue weighted by atomic mass is 19.1. The summed E-state index contributed by atoms with van der Waals surface area (Å²) < 4.78 is 16.7. The number of hydrogen-bond donors (Lipinski definition) is 1. The van der Waals surface area contributed by atoms with Gasteiger partial charge in [0.25, 0.3) is 5.56 Å². The van der Waals surface area contributed by atoms with Crippen molar-refractivity contribution < 1.29 is 4.39 Å². The zero-order chi connectivity index (χ0) is 22.8. The van der Waals surface area contributed by atoms with Gasteiger partial charge in [0.1, 0.15) is 17.7 Å². The van der Waals surface area contributed by atoms with Gasteiger partial charge in [-0.1, -0.05) is 11.6 Å². The predicted molar refractivity (Wildman–Crippen MR) is 125 cm³/mol. The molecule has 9 heteroatoms. The molecule has 0 radical (unpaired) electrons. The summed E-state index contributed by atoms with van der Waals surface area (Å²) in [6.45, 7) is 4.89. The van der Waals surface area contributed by atoms with E-state index in [0.717, 1.165) is 43.9 Å². The second-order valence-corrected chi connectivity index (χ2v) is 9.23. The van der Waals surface area contributed by atoms with Crippen molar-refractivity contribution in [2.75, 3.05) is 24.5 Å². The van der Waals surface area contributed by atoms with Gasteiger partial charge in [-0.3, -0.25) is 14.3 Å². The first-order chi connectivity index (χ1) is 16.1. The highest BCUT2D eigenvalue weighted by molar-refractivity contribution is 5.56. The molecule has 4 heterocycles. The lowest BCUT2D eigenvalue weighted by atomic mass is 9.85. The second-order valence-electron chi connectivity index (χ2n) is 9.23. The normalized spacial score (nSPS) is 19.9. The Kier molecular flexibility index (Phi) is 6.22. The smallest absolute Gasteiger partial charge is 0.254 e. The molecule has 2 aliphatic rings. The number of halogens is 1. The van der Waals surface area contributed by atoms with Crippen molar-refractivity contribution in [1.29, 1.82) is 0 Å². The van der Waals surface area contributed by atoms with Gasteiger partial charge >= 0.3 is 0 Å². The molecule has 1 aliphatic heterocycles. The van der Waals surface area contributed by atoms with Gasteiger partial charge < -0.3 is 10.2 Å². The van der Waals surface area contributed by atoms with Crippen LogP contribution in [0.2, 0.25) is 0 Å². The lowest BCUT2D eigenvalue weighted by Crippen LogP contribution is -2.47. The third-order valence-electron chi connectivity index (χ3n) is 6.93. The summed E-state index contributed by atoms with van der Waals surface area (Å²) in [6.07, 6.45) is 12.2.